The minimum atomic E-state index is -0.0690. The fourth-order valence-electron chi connectivity index (χ4n) is 12.0. The van der Waals surface area contributed by atoms with Crippen molar-refractivity contribution in [2.24, 2.45) is 5.92 Å². The Morgan fingerprint density at radius 1 is 0.485 bits per heavy atom. The Bertz CT molecular complexity index is 3580. The third kappa shape index (κ3) is 6.16. The van der Waals surface area contributed by atoms with Crippen LogP contribution in [0.5, 0.6) is 0 Å². The number of aromatic nitrogens is 2. The monoisotopic (exact) mass is 848 g/mol. The van der Waals surface area contributed by atoms with Gasteiger partial charge in [-0.05, 0) is 127 Å². The number of allylic oxidation sites excluding steroid dienone is 5. The van der Waals surface area contributed by atoms with Crippen LogP contribution in [-0.4, -0.2) is 9.13 Å². The molecule has 2 heterocycles. The van der Waals surface area contributed by atoms with Crippen molar-refractivity contribution in [1.29, 1.82) is 0 Å². The molecule has 0 N–H and O–H groups in total. The van der Waals surface area contributed by atoms with Crippen LogP contribution >= 0.6 is 0 Å². The average Bonchev–Trinajstić information content (AvgIpc) is 4.07. The summed E-state index contributed by atoms with van der Waals surface area (Å²) in [5.41, 5.74) is 21.9. The molecule has 4 aliphatic carbocycles. The highest BCUT2D eigenvalue weighted by Gasteiger charge is 2.57. The first-order chi connectivity index (χ1) is 32.5. The van der Waals surface area contributed by atoms with Crippen LogP contribution in [0.4, 0.5) is 0 Å². The summed E-state index contributed by atoms with van der Waals surface area (Å²) in [6, 6.07) is 68.3. The lowest BCUT2D eigenvalue weighted by atomic mass is 9.65. The molecule has 10 aromatic rings. The van der Waals surface area contributed by atoms with Gasteiger partial charge in [0.15, 0.2) is 0 Å². The van der Waals surface area contributed by atoms with Crippen LogP contribution in [0.3, 0.4) is 0 Å². The van der Waals surface area contributed by atoms with Crippen molar-refractivity contribution in [1.82, 2.24) is 9.13 Å². The normalized spacial score (nSPS) is 18.0. The molecule has 0 radical (unpaired) electrons. The summed E-state index contributed by atoms with van der Waals surface area (Å²) in [4.78, 5) is 0. The van der Waals surface area contributed by atoms with E-state index in [1.54, 1.807) is 0 Å². The molecule has 1 spiro atoms. The van der Waals surface area contributed by atoms with Crippen molar-refractivity contribution in [3.05, 3.63) is 269 Å². The molecule has 0 amide bonds. The van der Waals surface area contributed by atoms with E-state index in [0.717, 1.165) is 12.8 Å². The largest absolute Gasteiger partial charge is 0.313 e. The molecule has 0 aliphatic heterocycles. The third-order valence-electron chi connectivity index (χ3n) is 14.7. The van der Waals surface area contributed by atoms with E-state index in [1.807, 2.05) is 0 Å². The van der Waals surface area contributed by atoms with Gasteiger partial charge in [-0.1, -0.05) is 182 Å². The Hall–Kier alpha value is -7.68. The van der Waals surface area contributed by atoms with Crippen molar-refractivity contribution in [3.63, 3.8) is 0 Å². The van der Waals surface area contributed by atoms with Crippen molar-refractivity contribution < 1.29 is 0 Å². The van der Waals surface area contributed by atoms with Gasteiger partial charge in [0, 0.05) is 50.6 Å². The Balaban J connectivity index is 0.000000105. The van der Waals surface area contributed by atoms with E-state index < -0.39 is 0 Å². The van der Waals surface area contributed by atoms with Crippen molar-refractivity contribution >= 4 is 38.8 Å². The van der Waals surface area contributed by atoms with Crippen LogP contribution < -0.4 is 0 Å². The van der Waals surface area contributed by atoms with E-state index in [-0.39, 0.29) is 5.41 Å². The first kappa shape index (κ1) is 39.9. The van der Waals surface area contributed by atoms with Crippen LogP contribution in [0.1, 0.15) is 62.5 Å². The molecule has 14 rings (SSSR count). The number of benzene rings is 8. The molecule has 0 saturated heterocycles. The number of para-hydroxylation sites is 3. The summed E-state index contributed by atoms with van der Waals surface area (Å²) in [6.45, 7) is 6.56. The van der Waals surface area contributed by atoms with Gasteiger partial charge in [-0.2, -0.15) is 0 Å². The van der Waals surface area contributed by atoms with Crippen LogP contribution in [0.2, 0.25) is 0 Å². The van der Waals surface area contributed by atoms with E-state index in [1.165, 1.54) is 105 Å². The molecule has 3 unspecified atom stereocenters. The first-order valence-electron chi connectivity index (χ1n) is 23.6. The molecular formula is C64H52N2. The second-order valence-electron chi connectivity index (χ2n) is 18.5. The maximum atomic E-state index is 2.44. The van der Waals surface area contributed by atoms with Gasteiger partial charge in [0.05, 0.1) is 22.0 Å². The molecular weight excluding hydrogens is 797 g/mol. The fourth-order valence-corrected chi connectivity index (χ4v) is 12.0. The van der Waals surface area contributed by atoms with Gasteiger partial charge in [-0.3, -0.25) is 0 Å². The average molecular weight is 849 g/mol. The predicted molar refractivity (Wildman–Crippen MR) is 278 cm³/mol. The zero-order valence-electron chi connectivity index (χ0n) is 37.8. The summed E-state index contributed by atoms with van der Waals surface area (Å²) in [5.74, 6) is 0.893. The van der Waals surface area contributed by atoms with Crippen LogP contribution in [0, 0.1) is 26.7 Å². The zero-order chi connectivity index (χ0) is 44.4. The van der Waals surface area contributed by atoms with Crippen molar-refractivity contribution in [2.75, 3.05) is 0 Å². The first-order valence-corrected chi connectivity index (χ1v) is 23.6. The minimum absolute atomic E-state index is 0.0690. The van der Waals surface area contributed by atoms with E-state index in [2.05, 4.69) is 254 Å². The van der Waals surface area contributed by atoms with E-state index in [9.17, 15) is 0 Å². The maximum absolute atomic E-state index is 2.44. The highest BCUT2D eigenvalue weighted by Crippen LogP contribution is 2.65. The van der Waals surface area contributed by atoms with Crippen molar-refractivity contribution in [2.45, 2.75) is 44.9 Å². The van der Waals surface area contributed by atoms with Gasteiger partial charge in [-0.25, -0.2) is 0 Å². The maximum Gasteiger partial charge on any atom is 0.0543 e. The van der Waals surface area contributed by atoms with Crippen LogP contribution in [0.15, 0.2) is 218 Å². The molecule has 318 valence electrons. The van der Waals surface area contributed by atoms with Crippen LogP contribution in [-0.2, 0) is 11.8 Å². The summed E-state index contributed by atoms with van der Waals surface area (Å²) in [7, 11) is 0. The Kier molecular flexibility index (Phi) is 9.72. The standard InChI is InChI=1S/C26H20.C19H17N.C19H15N/c1-17-9-8-16-24-25(17)20-12-4-7-15-23(20)26(24)21-13-5-2-10-18(21)19-11-3-6-14-22(19)26;1-14-11-12-19-17(13-14)16-9-5-6-10-18(16)20(19)15-7-3-2-4-8-15;1-14-11-12-17-16-9-5-6-10-18(16)20(19(17)13-14)15-7-3-2-4-8-15/h2-16,18,21H,1H3;2-5,7-9,11-13H,6,10H2,1H3;2-13H,1H3. The van der Waals surface area contributed by atoms with Crippen molar-refractivity contribution in [3.8, 4) is 22.5 Å². The molecule has 3 atom stereocenters. The molecule has 8 aromatic carbocycles. The number of aryl methyl sites for hydroxylation is 3. The van der Waals surface area contributed by atoms with Gasteiger partial charge in [0.1, 0.15) is 0 Å². The summed E-state index contributed by atoms with van der Waals surface area (Å²) in [5, 5.41) is 4.00. The Labute approximate surface area is 388 Å². The molecule has 0 bridgehead atoms. The predicted octanol–water partition coefficient (Wildman–Crippen LogP) is 16.1. The number of nitrogens with zero attached hydrogens (tertiary/aromatic N) is 2. The number of rotatable bonds is 2. The highest BCUT2D eigenvalue weighted by molar-refractivity contribution is 6.09. The van der Waals surface area contributed by atoms with E-state index >= 15 is 0 Å². The van der Waals surface area contributed by atoms with Gasteiger partial charge in [0.25, 0.3) is 0 Å². The number of hydrogen-bond donors (Lipinski definition) is 0. The lowest BCUT2D eigenvalue weighted by Crippen LogP contribution is -2.32. The van der Waals surface area contributed by atoms with Gasteiger partial charge in [0.2, 0.25) is 0 Å². The number of hydrogen-bond acceptors (Lipinski definition) is 0. The van der Waals surface area contributed by atoms with Gasteiger partial charge in [-0.15, -0.1) is 0 Å². The molecule has 66 heavy (non-hydrogen) atoms. The number of fused-ring (bicyclic) bond motifs is 16. The highest BCUT2D eigenvalue weighted by atomic mass is 15.0. The third-order valence-corrected chi connectivity index (χ3v) is 14.7. The smallest absolute Gasteiger partial charge is 0.0543 e. The Morgan fingerprint density at radius 2 is 1.12 bits per heavy atom. The molecule has 4 aliphatic rings. The van der Waals surface area contributed by atoms with Gasteiger partial charge >= 0.3 is 0 Å². The molecule has 0 saturated carbocycles. The second kappa shape index (κ2) is 16.1. The summed E-state index contributed by atoms with van der Waals surface area (Å²) >= 11 is 0. The lowest BCUT2D eigenvalue weighted by molar-refractivity contribution is 0.465. The molecule has 2 heteroatoms. The molecule has 2 aromatic heterocycles. The molecule has 2 nitrogen and oxygen atoms in total. The molecule has 0 fully saturated rings. The summed E-state index contributed by atoms with van der Waals surface area (Å²) in [6.07, 6.45) is 16.1. The van der Waals surface area contributed by atoms with Crippen LogP contribution in [0.25, 0.3) is 61.3 Å². The van der Waals surface area contributed by atoms with E-state index in [4.69, 9.17) is 0 Å². The minimum Gasteiger partial charge on any atom is -0.313 e. The topological polar surface area (TPSA) is 9.86 Å². The van der Waals surface area contributed by atoms with E-state index in [0.29, 0.717) is 11.8 Å². The Morgan fingerprint density at radius 3 is 1.95 bits per heavy atom. The van der Waals surface area contributed by atoms with Gasteiger partial charge < -0.3 is 9.13 Å². The fraction of sp³-hybridized carbons (Fsp3) is 0.125. The summed E-state index contributed by atoms with van der Waals surface area (Å²) < 4.78 is 4.77. The second-order valence-corrected chi connectivity index (χ2v) is 18.5. The lowest BCUT2D eigenvalue weighted by Gasteiger charge is -2.36. The SMILES string of the molecule is Cc1ccc2c(c1)c1c(n2-c2ccccc2)CCC=C1.Cc1ccc2c3ccccc3n(-c3ccccc3)c2c1.Cc1cccc2c1-c1ccccc1C21c2ccccc2C2C=CC=CC21. The quantitative estimate of drug-likeness (QED) is 0.164. The zero-order valence-corrected chi connectivity index (χ0v) is 37.8.